The topological polar surface area (TPSA) is 84.2 Å². The molecule has 1 heterocycles. The zero-order valence-electron chi connectivity index (χ0n) is 17.3. The Morgan fingerprint density at radius 2 is 1.74 bits per heavy atom. The molecular formula is C24H24ClN3O3. The highest BCUT2D eigenvalue weighted by atomic mass is 35.5. The van der Waals surface area contributed by atoms with Gasteiger partial charge in [0.15, 0.2) is 5.69 Å². The third kappa shape index (κ3) is 4.35. The Bertz CT molecular complexity index is 1120. The summed E-state index contributed by atoms with van der Waals surface area (Å²) in [4.78, 5) is 25.0. The average molecular weight is 438 g/mol. The van der Waals surface area contributed by atoms with Gasteiger partial charge in [-0.3, -0.25) is 4.79 Å². The molecule has 0 aliphatic heterocycles. The molecule has 1 aliphatic rings. The van der Waals surface area contributed by atoms with E-state index in [1.54, 1.807) is 53.2 Å². The van der Waals surface area contributed by atoms with Crippen LogP contribution in [-0.2, 0) is 0 Å². The Hall–Kier alpha value is -3.12. The number of carboxylic acids is 1. The average Bonchev–Trinajstić information content (AvgIpc) is 3.12. The number of hydrogen-bond donors (Lipinski definition) is 2. The van der Waals surface area contributed by atoms with Crippen LogP contribution in [0.15, 0.2) is 48.5 Å². The number of carboxylic acid groups (broad SMARTS) is 1. The number of nitrogens with one attached hydrogen (secondary N) is 1. The molecule has 0 saturated heterocycles. The first-order valence-electron chi connectivity index (χ1n) is 10.4. The summed E-state index contributed by atoms with van der Waals surface area (Å²) in [7, 11) is 0. The number of rotatable bonds is 5. The van der Waals surface area contributed by atoms with E-state index >= 15 is 0 Å². The summed E-state index contributed by atoms with van der Waals surface area (Å²) in [5, 5.41) is 18.0. The molecule has 0 unspecified atom stereocenters. The van der Waals surface area contributed by atoms with Crippen LogP contribution in [0.1, 0.15) is 58.5 Å². The maximum Gasteiger partial charge on any atom is 0.336 e. The van der Waals surface area contributed by atoms with Gasteiger partial charge in [0.1, 0.15) is 0 Å². The molecule has 31 heavy (non-hydrogen) atoms. The molecule has 0 radical (unpaired) electrons. The van der Waals surface area contributed by atoms with E-state index in [1.807, 2.05) is 6.92 Å². The van der Waals surface area contributed by atoms with Gasteiger partial charge in [0.2, 0.25) is 0 Å². The Morgan fingerprint density at radius 3 is 2.42 bits per heavy atom. The SMILES string of the molecule is Cc1c(C(=O)NC2CCCCC2)nn(-c2ccc(Cl)cc2)c1-c1ccccc1C(=O)O. The Balaban J connectivity index is 1.83. The summed E-state index contributed by atoms with van der Waals surface area (Å²) in [5.74, 6) is -1.27. The molecule has 7 heteroatoms. The Kier molecular flexibility index (Phi) is 6.09. The number of carbonyl (C=O) groups excluding carboxylic acids is 1. The van der Waals surface area contributed by atoms with Crippen LogP contribution in [0, 0.1) is 6.92 Å². The maximum absolute atomic E-state index is 13.1. The number of hydrogen-bond acceptors (Lipinski definition) is 3. The second-order valence-electron chi connectivity index (χ2n) is 7.87. The van der Waals surface area contributed by atoms with Crippen molar-refractivity contribution in [2.75, 3.05) is 0 Å². The van der Waals surface area contributed by atoms with Gasteiger partial charge >= 0.3 is 5.97 Å². The number of amides is 1. The molecule has 1 amide bonds. The van der Waals surface area contributed by atoms with Gasteiger partial charge in [-0.05, 0) is 50.1 Å². The fourth-order valence-corrected chi connectivity index (χ4v) is 4.30. The Labute approximate surface area is 185 Å². The van der Waals surface area contributed by atoms with Crippen LogP contribution in [0.3, 0.4) is 0 Å². The molecule has 1 aliphatic carbocycles. The second kappa shape index (κ2) is 8.94. The molecule has 2 N–H and O–H groups in total. The molecule has 1 fully saturated rings. The van der Waals surface area contributed by atoms with E-state index in [-0.39, 0.29) is 17.5 Å². The van der Waals surface area contributed by atoms with E-state index in [2.05, 4.69) is 10.4 Å². The van der Waals surface area contributed by atoms with Crippen LogP contribution in [0.4, 0.5) is 0 Å². The quantitative estimate of drug-likeness (QED) is 0.570. The van der Waals surface area contributed by atoms with Crippen molar-refractivity contribution in [2.24, 2.45) is 0 Å². The standard InChI is InChI=1S/C24H24ClN3O3/c1-15-21(23(29)26-17-7-3-2-4-8-17)27-28(18-13-11-16(25)12-14-18)22(15)19-9-5-6-10-20(19)24(30)31/h5-6,9-14,17H,2-4,7-8H2,1H3,(H,26,29)(H,30,31). The van der Waals surface area contributed by atoms with E-state index in [0.29, 0.717) is 33.2 Å². The zero-order chi connectivity index (χ0) is 22.0. The molecule has 6 nitrogen and oxygen atoms in total. The van der Waals surface area contributed by atoms with Gasteiger partial charge in [0.05, 0.1) is 16.9 Å². The number of aromatic nitrogens is 2. The molecule has 2 aromatic carbocycles. The maximum atomic E-state index is 13.1. The minimum Gasteiger partial charge on any atom is -0.478 e. The lowest BCUT2D eigenvalue weighted by Gasteiger charge is -2.22. The van der Waals surface area contributed by atoms with E-state index < -0.39 is 5.97 Å². The van der Waals surface area contributed by atoms with Crippen molar-refractivity contribution < 1.29 is 14.7 Å². The minimum absolute atomic E-state index is 0.149. The van der Waals surface area contributed by atoms with Crippen molar-refractivity contribution in [2.45, 2.75) is 45.1 Å². The smallest absolute Gasteiger partial charge is 0.336 e. The first-order valence-corrected chi connectivity index (χ1v) is 10.8. The van der Waals surface area contributed by atoms with Crippen molar-refractivity contribution in [3.63, 3.8) is 0 Å². The summed E-state index contributed by atoms with van der Waals surface area (Å²) in [6.45, 7) is 1.81. The van der Waals surface area contributed by atoms with Gasteiger partial charge in [-0.2, -0.15) is 5.10 Å². The molecule has 0 atom stereocenters. The summed E-state index contributed by atoms with van der Waals surface area (Å²) in [5.41, 5.74) is 2.87. The van der Waals surface area contributed by atoms with E-state index in [9.17, 15) is 14.7 Å². The predicted molar refractivity (Wildman–Crippen MR) is 120 cm³/mol. The van der Waals surface area contributed by atoms with E-state index in [4.69, 9.17) is 11.6 Å². The molecule has 0 bridgehead atoms. The van der Waals surface area contributed by atoms with Crippen LogP contribution in [-0.4, -0.2) is 32.8 Å². The van der Waals surface area contributed by atoms with Crippen molar-refractivity contribution in [3.05, 3.63) is 70.4 Å². The summed E-state index contributed by atoms with van der Waals surface area (Å²) >= 11 is 6.05. The van der Waals surface area contributed by atoms with Gasteiger partial charge in [0, 0.05) is 22.2 Å². The summed E-state index contributed by atoms with van der Waals surface area (Å²) < 4.78 is 1.63. The largest absolute Gasteiger partial charge is 0.478 e. The monoisotopic (exact) mass is 437 g/mol. The normalized spacial score (nSPS) is 14.4. The van der Waals surface area contributed by atoms with Crippen LogP contribution in [0.5, 0.6) is 0 Å². The minimum atomic E-state index is -1.04. The third-order valence-corrected chi connectivity index (χ3v) is 6.01. The van der Waals surface area contributed by atoms with Gasteiger partial charge in [-0.15, -0.1) is 0 Å². The molecule has 1 saturated carbocycles. The third-order valence-electron chi connectivity index (χ3n) is 5.76. The molecule has 0 spiro atoms. The molecular weight excluding hydrogens is 414 g/mol. The highest BCUT2D eigenvalue weighted by molar-refractivity contribution is 6.30. The van der Waals surface area contributed by atoms with Gasteiger partial charge in [0.25, 0.3) is 5.91 Å². The number of carbonyl (C=O) groups is 2. The van der Waals surface area contributed by atoms with E-state index in [0.717, 1.165) is 25.7 Å². The van der Waals surface area contributed by atoms with Gasteiger partial charge in [-0.1, -0.05) is 49.1 Å². The predicted octanol–water partition coefficient (Wildman–Crippen LogP) is 5.26. The molecule has 1 aromatic heterocycles. The van der Waals surface area contributed by atoms with Crippen molar-refractivity contribution in [3.8, 4) is 16.9 Å². The molecule has 3 aromatic rings. The number of nitrogens with zero attached hydrogens (tertiary/aromatic N) is 2. The van der Waals surface area contributed by atoms with Gasteiger partial charge in [-0.25, -0.2) is 9.48 Å². The fraction of sp³-hybridized carbons (Fsp3) is 0.292. The van der Waals surface area contributed by atoms with E-state index in [1.165, 1.54) is 6.42 Å². The van der Waals surface area contributed by atoms with Gasteiger partial charge < -0.3 is 10.4 Å². The van der Waals surface area contributed by atoms with Crippen LogP contribution < -0.4 is 5.32 Å². The van der Waals surface area contributed by atoms with Crippen molar-refractivity contribution >= 4 is 23.5 Å². The second-order valence-corrected chi connectivity index (χ2v) is 8.31. The van der Waals surface area contributed by atoms with Crippen molar-refractivity contribution in [1.29, 1.82) is 0 Å². The Morgan fingerprint density at radius 1 is 1.06 bits per heavy atom. The molecule has 160 valence electrons. The highest BCUT2D eigenvalue weighted by Crippen LogP contribution is 2.32. The lowest BCUT2D eigenvalue weighted by molar-refractivity contribution is 0.0697. The lowest BCUT2D eigenvalue weighted by Crippen LogP contribution is -2.36. The first kappa shape index (κ1) is 21.1. The fourth-order valence-electron chi connectivity index (χ4n) is 4.17. The summed E-state index contributed by atoms with van der Waals surface area (Å²) in [6, 6.07) is 14.0. The number of halogens is 1. The van der Waals surface area contributed by atoms with Crippen molar-refractivity contribution in [1.82, 2.24) is 15.1 Å². The highest BCUT2D eigenvalue weighted by Gasteiger charge is 2.26. The summed E-state index contributed by atoms with van der Waals surface area (Å²) in [6.07, 6.45) is 5.36. The van der Waals surface area contributed by atoms with Crippen LogP contribution >= 0.6 is 11.6 Å². The first-order chi connectivity index (χ1) is 15.0. The number of benzene rings is 2. The molecule has 4 rings (SSSR count). The van der Waals surface area contributed by atoms with Crippen LogP contribution in [0.2, 0.25) is 5.02 Å². The zero-order valence-corrected chi connectivity index (χ0v) is 18.0. The van der Waals surface area contributed by atoms with Crippen LogP contribution in [0.25, 0.3) is 16.9 Å². The lowest BCUT2D eigenvalue weighted by atomic mass is 9.95. The number of aromatic carboxylic acids is 1.